The highest BCUT2D eigenvalue weighted by Crippen LogP contribution is 2.41. The SMILES string of the molecule is CCC(CNc1ccc(C(=O)c2c(-c3ccc(OC)cc3)sc3cc(OC)ccc23)cc1)CC1=CCCC=C1. The van der Waals surface area contributed by atoms with Gasteiger partial charge in [0.15, 0.2) is 5.78 Å². The number of hydrogen-bond donors (Lipinski definition) is 1. The fraction of sp³-hybridized carbons (Fsp3) is 0.265. The zero-order valence-corrected chi connectivity index (χ0v) is 23.6. The summed E-state index contributed by atoms with van der Waals surface area (Å²) in [6.45, 7) is 3.16. The molecule has 200 valence electrons. The van der Waals surface area contributed by atoms with Gasteiger partial charge in [0, 0.05) is 38.3 Å². The first-order valence-electron chi connectivity index (χ1n) is 13.6. The molecule has 1 aliphatic rings. The van der Waals surface area contributed by atoms with Gasteiger partial charge in [-0.2, -0.15) is 0 Å². The maximum absolute atomic E-state index is 14.0. The van der Waals surface area contributed by atoms with Crippen LogP contribution in [0.1, 0.15) is 48.5 Å². The fourth-order valence-corrected chi connectivity index (χ4v) is 6.27. The van der Waals surface area contributed by atoms with Gasteiger partial charge in [-0.3, -0.25) is 4.79 Å². The molecule has 0 saturated heterocycles. The number of anilines is 1. The number of carbonyl (C=O) groups is 1. The van der Waals surface area contributed by atoms with Crippen molar-refractivity contribution < 1.29 is 14.3 Å². The van der Waals surface area contributed by atoms with Gasteiger partial charge in [-0.15, -0.1) is 11.3 Å². The molecule has 0 aliphatic heterocycles. The van der Waals surface area contributed by atoms with Crippen molar-refractivity contribution >= 4 is 32.9 Å². The zero-order valence-electron chi connectivity index (χ0n) is 22.8. The fourth-order valence-electron chi connectivity index (χ4n) is 5.03. The Morgan fingerprint density at radius 2 is 1.69 bits per heavy atom. The van der Waals surface area contributed by atoms with Gasteiger partial charge >= 0.3 is 0 Å². The van der Waals surface area contributed by atoms with Gasteiger partial charge in [-0.1, -0.05) is 37.1 Å². The Morgan fingerprint density at radius 1 is 0.949 bits per heavy atom. The van der Waals surface area contributed by atoms with E-state index in [1.54, 1.807) is 25.6 Å². The van der Waals surface area contributed by atoms with Crippen molar-refractivity contribution in [2.24, 2.45) is 5.92 Å². The highest BCUT2D eigenvalue weighted by atomic mass is 32.1. The minimum Gasteiger partial charge on any atom is -0.497 e. The summed E-state index contributed by atoms with van der Waals surface area (Å²) >= 11 is 1.61. The van der Waals surface area contributed by atoms with Gasteiger partial charge in [0.05, 0.1) is 14.2 Å². The van der Waals surface area contributed by atoms with Crippen LogP contribution in [0.15, 0.2) is 90.5 Å². The summed E-state index contributed by atoms with van der Waals surface area (Å²) in [6, 6.07) is 21.7. The number of fused-ring (bicyclic) bond motifs is 1. The molecular formula is C34H35NO3S. The Hall–Kier alpha value is -3.83. The van der Waals surface area contributed by atoms with Crippen molar-refractivity contribution in [3.05, 3.63) is 102 Å². The van der Waals surface area contributed by atoms with Gasteiger partial charge in [-0.05, 0) is 97.5 Å². The minimum absolute atomic E-state index is 0.0197. The summed E-state index contributed by atoms with van der Waals surface area (Å²) < 4.78 is 11.8. The molecule has 1 N–H and O–H groups in total. The molecule has 1 heterocycles. The maximum atomic E-state index is 14.0. The smallest absolute Gasteiger partial charge is 0.195 e. The first-order valence-corrected chi connectivity index (χ1v) is 14.4. The van der Waals surface area contributed by atoms with Crippen molar-refractivity contribution in [1.29, 1.82) is 0 Å². The van der Waals surface area contributed by atoms with E-state index in [-0.39, 0.29) is 5.78 Å². The molecule has 0 spiro atoms. The molecule has 1 unspecified atom stereocenters. The largest absolute Gasteiger partial charge is 0.497 e. The lowest BCUT2D eigenvalue weighted by Gasteiger charge is -2.18. The molecule has 4 aromatic rings. The number of allylic oxidation sites excluding steroid dienone is 4. The molecule has 0 saturated carbocycles. The van der Waals surface area contributed by atoms with Crippen LogP contribution >= 0.6 is 11.3 Å². The second-order valence-electron chi connectivity index (χ2n) is 9.92. The number of carbonyl (C=O) groups excluding carboxylic acids is 1. The van der Waals surface area contributed by atoms with Crippen molar-refractivity contribution in [3.63, 3.8) is 0 Å². The predicted octanol–water partition coefficient (Wildman–Crippen LogP) is 8.92. The number of ether oxygens (including phenoxy) is 2. The Kier molecular flexibility index (Phi) is 8.48. The highest BCUT2D eigenvalue weighted by Gasteiger charge is 2.22. The predicted molar refractivity (Wildman–Crippen MR) is 164 cm³/mol. The van der Waals surface area contributed by atoms with Crippen LogP contribution in [0.5, 0.6) is 11.5 Å². The third-order valence-corrected chi connectivity index (χ3v) is 8.59. The number of thiophene rings is 1. The van der Waals surface area contributed by atoms with Crippen LogP contribution in [-0.2, 0) is 0 Å². The molecule has 0 amide bonds. The topological polar surface area (TPSA) is 47.6 Å². The third-order valence-electron chi connectivity index (χ3n) is 7.39. The molecule has 0 fully saturated rings. The average molecular weight is 538 g/mol. The number of benzene rings is 3. The lowest BCUT2D eigenvalue weighted by Crippen LogP contribution is -2.14. The highest BCUT2D eigenvalue weighted by molar-refractivity contribution is 7.22. The normalized spacial score (nSPS) is 13.7. The third kappa shape index (κ3) is 6.10. The van der Waals surface area contributed by atoms with Crippen LogP contribution in [0, 0.1) is 5.92 Å². The number of ketones is 1. The van der Waals surface area contributed by atoms with Gasteiger partial charge in [0.25, 0.3) is 0 Å². The molecule has 39 heavy (non-hydrogen) atoms. The number of methoxy groups -OCH3 is 2. The molecular weight excluding hydrogens is 502 g/mol. The lowest BCUT2D eigenvalue weighted by atomic mass is 9.93. The van der Waals surface area contributed by atoms with Gasteiger partial charge in [-0.25, -0.2) is 0 Å². The lowest BCUT2D eigenvalue weighted by molar-refractivity contribution is 0.104. The van der Waals surface area contributed by atoms with E-state index < -0.39 is 0 Å². The summed E-state index contributed by atoms with van der Waals surface area (Å²) in [4.78, 5) is 14.9. The van der Waals surface area contributed by atoms with Gasteiger partial charge < -0.3 is 14.8 Å². The molecule has 3 aromatic carbocycles. The molecule has 0 radical (unpaired) electrons. The summed E-state index contributed by atoms with van der Waals surface area (Å²) in [5.74, 6) is 2.16. The van der Waals surface area contributed by atoms with Crippen LogP contribution in [0.3, 0.4) is 0 Å². The average Bonchev–Trinajstić information content (AvgIpc) is 3.38. The van der Waals surface area contributed by atoms with Gasteiger partial charge in [0.2, 0.25) is 0 Å². The monoisotopic (exact) mass is 537 g/mol. The Labute approximate surface area is 235 Å². The van der Waals surface area contributed by atoms with E-state index >= 15 is 0 Å². The molecule has 1 aromatic heterocycles. The molecule has 5 heteroatoms. The number of nitrogens with one attached hydrogen (secondary N) is 1. The summed E-state index contributed by atoms with van der Waals surface area (Å²) in [6.07, 6.45) is 11.4. The Bertz CT molecular complexity index is 1500. The first-order chi connectivity index (χ1) is 19.1. The summed E-state index contributed by atoms with van der Waals surface area (Å²) in [5, 5.41) is 4.53. The summed E-state index contributed by atoms with van der Waals surface area (Å²) in [7, 11) is 3.32. The number of rotatable bonds is 11. The van der Waals surface area contributed by atoms with Crippen LogP contribution in [0.25, 0.3) is 20.5 Å². The molecule has 0 bridgehead atoms. The summed E-state index contributed by atoms with van der Waals surface area (Å²) in [5.41, 5.74) is 4.88. The molecule has 1 aliphatic carbocycles. The second kappa shape index (κ2) is 12.4. The van der Waals surface area contributed by atoms with E-state index in [4.69, 9.17) is 9.47 Å². The molecule has 4 nitrogen and oxygen atoms in total. The van der Waals surface area contributed by atoms with E-state index in [0.29, 0.717) is 11.5 Å². The first kappa shape index (κ1) is 26.8. The van der Waals surface area contributed by atoms with Crippen molar-refractivity contribution in [1.82, 2.24) is 0 Å². The van der Waals surface area contributed by atoms with E-state index in [0.717, 1.165) is 75.5 Å². The standard InChI is InChI=1S/C34H35NO3S/c1-4-23(20-24-8-6-5-7-9-24)22-35-27-14-10-25(11-15-27)33(36)32-30-19-18-29(38-3)21-31(30)39-34(32)26-12-16-28(37-2)17-13-26/h6,8-19,21,23,35H,4-5,7,20,22H2,1-3H3. The van der Waals surface area contributed by atoms with Crippen molar-refractivity contribution in [2.45, 2.75) is 32.6 Å². The van der Waals surface area contributed by atoms with Crippen molar-refractivity contribution in [2.75, 3.05) is 26.1 Å². The number of hydrogen-bond acceptors (Lipinski definition) is 5. The zero-order chi connectivity index (χ0) is 27.2. The van der Waals surface area contributed by atoms with E-state index in [9.17, 15) is 4.79 Å². The Balaban J connectivity index is 1.38. The molecule has 5 rings (SSSR count). The van der Waals surface area contributed by atoms with Gasteiger partial charge in [0.1, 0.15) is 11.5 Å². The van der Waals surface area contributed by atoms with Crippen LogP contribution in [-0.4, -0.2) is 26.5 Å². The van der Waals surface area contributed by atoms with Crippen molar-refractivity contribution in [3.8, 4) is 21.9 Å². The van der Waals surface area contributed by atoms with E-state index in [1.165, 1.54) is 5.57 Å². The van der Waals surface area contributed by atoms with Crippen LogP contribution in [0.2, 0.25) is 0 Å². The van der Waals surface area contributed by atoms with E-state index in [1.807, 2.05) is 66.7 Å². The van der Waals surface area contributed by atoms with Crippen LogP contribution < -0.4 is 14.8 Å². The van der Waals surface area contributed by atoms with E-state index in [2.05, 4.69) is 30.5 Å². The second-order valence-corrected chi connectivity index (χ2v) is 11.0. The molecule has 1 atom stereocenters. The Morgan fingerprint density at radius 3 is 2.36 bits per heavy atom. The minimum atomic E-state index is 0.0197. The maximum Gasteiger partial charge on any atom is 0.195 e. The quantitative estimate of drug-likeness (QED) is 0.194. The van der Waals surface area contributed by atoms with Crippen LogP contribution in [0.4, 0.5) is 5.69 Å².